The van der Waals surface area contributed by atoms with Crippen LogP contribution in [0.5, 0.6) is 0 Å². The van der Waals surface area contributed by atoms with E-state index in [1.54, 1.807) is 31.2 Å². The normalized spacial score (nSPS) is 16.3. The van der Waals surface area contributed by atoms with Crippen LogP contribution in [-0.2, 0) is 15.4 Å². The van der Waals surface area contributed by atoms with Gasteiger partial charge in [-0.15, -0.1) is 0 Å². The molecular weight excluding hydrogens is 337 g/mol. The minimum atomic E-state index is -3.59. The van der Waals surface area contributed by atoms with E-state index in [0.29, 0.717) is 17.1 Å². The van der Waals surface area contributed by atoms with Crippen LogP contribution in [0.2, 0.25) is 5.02 Å². The van der Waals surface area contributed by atoms with Crippen LogP contribution in [0.1, 0.15) is 24.0 Å². The first-order valence-corrected chi connectivity index (χ1v) is 9.20. The third-order valence-corrected chi connectivity index (χ3v) is 6.17. The zero-order chi connectivity index (χ0) is 16.7. The van der Waals surface area contributed by atoms with Gasteiger partial charge in [0.2, 0.25) is 10.0 Å². The Bertz CT molecular complexity index is 830. The van der Waals surface area contributed by atoms with E-state index in [4.69, 9.17) is 11.6 Å². The largest absolute Gasteiger partial charge is 0.240 e. The molecule has 1 N–H and O–H groups in total. The maximum absolute atomic E-state index is 13.0. The van der Waals surface area contributed by atoms with Crippen LogP contribution in [-0.4, -0.2) is 15.0 Å². The van der Waals surface area contributed by atoms with Gasteiger partial charge in [0.25, 0.3) is 0 Å². The summed E-state index contributed by atoms with van der Waals surface area (Å²) in [4.78, 5) is 0.203. The van der Waals surface area contributed by atoms with Crippen LogP contribution in [0.25, 0.3) is 0 Å². The molecule has 1 aliphatic carbocycles. The van der Waals surface area contributed by atoms with Crippen molar-refractivity contribution >= 4 is 21.6 Å². The van der Waals surface area contributed by atoms with E-state index in [9.17, 15) is 12.8 Å². The average Bonchev–Trinajstić information content (AvgIpc) is 3.30. The van der Waals surface area contributed by atoms with E-state index >= 15 is 0 Å². The van der Waals surface area contributed by atoms with E-state index in [2.05, 4.69) is 4.72 Å². The minimum absolute atomic E-state index is 0.203. The standard InChI is InChI=1S/C17H17ClFNO2S/c1-12-10-15(6-7-16(12)18)23(21,22)20-11-17(8-9-17)13-2-4-14(19)5-3-13/h2-7,10,20H,8-9,11H2,1H3. The molecule has 1 fully saturated rings. The lowest BCUT2D eigenvalue weighted by Crippen LogP contribution is -2.32. The predicted molar refractivity (Wildman–Crippen MR) is 88.7 cm³/mol. The van der Waals surface area contributed by atoms with Crippen molar-refractivity contribution in [2.75, 3.05) is 6.54 Å². The average molecular weight is 354 g/mol. The quantitative estimate of drug-likeness (QED) is 0.888. The summed E-state index contributed by atoms with van der Waals surface area (Å²) in [6.07, 6.45) is 1.78. The molecule has 0 aliphatic heterocycles. The first-order valence-electron chi connectivity index (χ1n) is 7.34. The third-order valence-electron chi connectivity index (χ3n) is 4.35. The molecule has 2 aromatic carbocycles. The van der Waals surface area contributed by atoms with E-state index in [0.717, 1.165) is 18.4 Å². The van der Waals surface area contributed by atoms with Crippen LogP contribution in [0, 0.1) is 12.7 Å². The first-order chi connectivity index (χ1) is 10.8. The zero-order valence-electron chi connectivity index (χ0n) is 12.6. The highest BCUT2D eigenvalue weighted by Crippen LogP contribution is 2.47. The van der Waals surface area contributed by atoms with Gasteiger partial charge in [-0.1, -0.05) is 23.7 Å². The Morgan fingerprint density at radius 2 is 1.83 bits per heavy atom. The van der Waals surface area contributed by atoms with Crippen molar-refractivity contribution in [3.8, 4) is 0 Å². The Labute approximate surface area is 140 Å². The molecule has 0 radical (unpaired) electrons. The van der Waals surface area contributed by atoms with Gasteiger partial charge in [-0.3, -0.25) is 0 Å². The van der Waals surface area contributed by atoms with Crippen LogP contribution in [0.4, 0.5) is 4.39 Å². The molecule has 0 heterocycles. The van der Waals surface area contributed by atoms with Crippen molar-refractivity contribution in [1.29, 1.82) is 0 Å². The van der Waals surface area contributed by atoms with Gasteiger partial charge in [0, 0.05) is 17.0 Å². The number of hydrogen-bond donors (Lipinski definition) is 1. The van der Waals surface area contributed by atoms with E-state index < -0.39 is 10.0 Å². The predicted octanol–water partition coefficient (Wildman–Crippen LogP) is 3.80. The third kappa shape index (κ3) is 3.42. The Balaban J connectivity index is 1.76. The molecule has 6 heteroatoms. The molecule has 1 aliphatic rings. The molecule has 1 saturated carbocycles. The van der Waals surface area contributed by atoms with Crippen LogP contribution in [0.15, 0.2) is 47.4 Å². The molecule has 0 spiro atoms. The second-order valence-corrected chi connectivity index (χ2v) is 8.20. The molecule has 0 atom stereocenters. The Morgan fingerprint density at radius 1 is 1.17 bits per heavy atom. The van der Waals surface area contributed by atoms with Gasteiger partial charge in [-0.05, 0) is 61.2 Å². The molecular formula is C17H17ClFNO2S. The number of hydrogen-bond acceptors (Lipinski definition) is 2. The second kappa shape index (κ2) is 5.89. The Morgan fingerprint density at radius 3 is 2.39 bits per heavy atom. The van der Waals surface area contributed by atoms with Crippen LogP contribution >= 0.6 is 11.6 Å². The Kier molecular flexibility index (Phi) is 4.21. The van der Waals surface area contributed by atoms with Gasteiger partial charge >= 0.3 is 0 Å². The number of benzene rings is 2. The van der Waals surface area contributed by atoms with Gasteiger partial charge < -0.3 is 0 Å². The lowest BCUT2D eigenvalue weighted by atomic mass is 9.96. The molecule has 3 nitrogen and oxygen atoms in total. The number of halogens is 2. The molecule has 2 aromatic rings. The SMILES string of the molecule is Cc1cc(S(=O)(=O)NCC2(c3ccc(F)cc3)CC2)ccc1Cl. The Hall–Kier alpha value is -1.43. The molecule has 0 saturated heterocycles. The topological polar surface area (TPSA) is 46.2 Å². The monoisotopic (exact) mass is 353 g/mol. The molecule has 0 bridgehead atoms. The first kappa shape index (κ1) is 16.4. The van der Waals surface area contributed by atoms with Gasteiger partial charge in [-0.2, -0.15) is 0 Å². The zero-order valence-corrected chi connectivity index (χ0v) is 14.2. The molecule has 122 valence electrons. The van der Waals surface area contributed by atoms with E-state index in [-0.39, 0.29) is 16.1 Å². The van der Waals surface area contributed by atoms with Crippen molar-refractivity contribution in [3.63, 3.8) is 0 Å². The smallest absolute Gasteiger partial charge is 0.210 e. The molecule has 3 rings (SSSR count). The maximum atomic E-state index is 13.0. The van der Waals surface area contributed by atoms with Gasteiger partial charge in [-0.25, -0.2) is 17.5 Å². The van der Waals surface area contributed by atoms with Gasteiger partial charge in [0.15, 0.2) is 0 Å². The number of aryl methyl sites for hydroxylation is 1. The molecule has 23 heavy (non-hydrogen) atoms. The molecule has 0 aromatic heterocycles. The van der Waals surface area contributed by atoms with Crippen molar-refractivity contribution in [2.24, 2.45) is 0 Å². The van der Waals surface area contributed by atoms with Gasteiger partial charge in [0.1, 0.15) is 5.82 Å². The molecule has 0 amide bonds. The summed E-state index contributed by atoms with van der Waals surface area (Å²) in [5.74, 6) is -0.290. The number of sulfonamides is 1. The van der Waals surface area contributed by atoms with Crippen molar-refractivity contribution in [1.82, 2.24) is 4.72 Å². The fourth-order valence-corrected chi connectivity index (χ4v) is 3.95. The summed E-state index contributed by atoms with van der Waals surface area (Å²) in [7, 11) is -3.59. The summed E-state index contributed by atoms with van der Waals surface area (Å²) in [5, 5.41) is 0.536. The number of nitrogens with one attached hydrogen (secondary N) is 1. The lowest BCUT2D eigenvalue weighted by Gasteiger charge is -2.17. The molecule has 0 unspecified atom stereocenters. The van der Waals surface area contributed by atoms with Crippen molar-refractivity contribution in [2.45, 2.75) is 30.1 Å². The highest BCUT2D eigenvalue weighted by Gasteiger charge is 2.44. The summed E-state index contributed by atoms with van der Waals surface area (Å²) >= 11 is 5.94. The highest BCUT2D eigenvalue weighted by atomic mass is 35.5. The summed E-state index contributed by atoms with van der Waals surface area (Å²) < 4.78 is 40.6. The lowest BCUT2D eigenvalue weighted by molar-refractivity contribution is 0.566. The van der Waals surface area contributed by atoms with E-state index in [1.807, 2.05) is 0 Å². The van der Waals surface area contributed by atoms with Gasteiger partial charge in [0.05, 0.1) is 4.90 Å². The van der Waals surface area contributed by atoms with Crippen LogP contribution in [0.3, 0.4) is 0 Å². The summed E-state index contributed by atoms with van der Waals surface area (Å²) in [5.41, 5.74) is 1.46. The fraction of sp³-hybridized carbons (Fsp3) is 0.294. The summed E-state index contributed by atoms with van der Waals surface area (Å²) in [6.45, 7) is 2.07. The maximum Gasteiger partial charge on any atom is 0.240 e. The fourth-order valence-electron chi connectivity index (χ4n) is 2.62. The van der Waals surface area contributed by atoms with E-state index in [1.165, 1.54) is 18.2 Å². The highest BCUT2D eigenvalue weighted by molar-refractivity contribution is 7.89. The van der Waals surface area contributed by atoms with Crippen molar-refractivity contribution in [3.05, 3.63) is 64.4 Å². The minimum Gasteiger partial charge on any atom is -0.210 e. The number of rotatable bonds is 5. The second-order valence-electron chi connectivity index (χ2n) is 6.02. The summed E-state index contributed by atoms with van der Waals surface area (Å²) in [6, 6.07) is 10.9. The van der Waals surface area contributed by atoms with Crippen LogP contribution < -0.4 is 4.72 Å². The van der Waals surface area contributed by atoms with Crippen molar-refractivity contribution < 1.29 is 12.8 Å².